The largest absolute Gasteiger partial charge is 0.388 e. The van der Waals surface area contributed by atoms with Gasteiger partial charge in [0.25, 0.3) is 0 Å². The quantitative estimate of drug-likeness (QED) is 0.557. The van der Waals surface area contributed by atoms with Crippen molar-refractivity contribution in [1.29, 1.82) is 0 Å². The molecule has 4 aliphatic carbocycles. The maximum Gasteiger partial charge on any atom is 0.171 e. The Morgan fingerprint density at radius 3 is 2.67 bits per heavy atom. The van der Waals surface area contributed by atoms with Gasteiger partial charge >= 0.3 is 0 Å². The number of allylic oxidation sites excluding steroid dienone is 1. The van der Waals surface area contributed by atoms with Gasteiger partial charge in [-0.1, -0.05) is 13.0 Å². The van der Waals surface area contributed by atoms with Gasteiger partial charge in [0.15, 0.2) is 5.79 Å². The fourth-order valence-electron chi connectivity index (χ4n) is 8.67. The summed E-state index contributed by atoms with van der Waals surface area (Å²) in [6.45, 7) is 4.06. The van der Waals surface area contributed by atoms with Crippen LogP contribution in [-0.4, -0.2) is 67.8 Å². The highest BCUT2D eigenvalue weighted by Crippen LogP contribution is 2.74. The third-order valence-electron chi connectivity index (χ3n) is 10.1. The molecule has 3 saturated carbocycles. The normalized spacial score (nSPS) is 51.5. The summed E-state index contributed by atoms with van der Waals surface area (Å²) in [5, 5.41) is 11.0. The van der Waals surface area contributed by atoms with E-state index in [1.165, 1.54) is 5.57 Å². The summed E-state index contributed by atoms with van der Waals surface area (Å²) < 4.78 is 30.3. The maximum absolute atomic E-state index is 11.0. The van der Waals surface area contributed by atoms with Gasteiger partial charge in [-0.05, 0) is 55.9 Å². The molecule has 2 heterocycles. The van der Waals surface area contributed by atoms with E-state index in [2.05, 4.69) is 13.0 Å². The average Bonchev–Trinajstić information content (AvgIpc) is 3.02. The third kappa shape index (κ3) is 2.21. The van der Waals surface area contributed by atoms with Crippen molar-refractivity contribution in [3.8, 4) is 0 Å². The second-order valence-corrected chi connectivity index (χ2v) is 10.8. The Hall–Kier alpha value is -0.500. The van der Waals surface area contributed by atoms with Crippen LogP contribution in [0.2, 0.25) is 0 Å². The highest BCUT2D eigenvalue weighted by Gasteiger charge is 2.79. The summed E-state index contributed by atoms with van der Waals surface area (Å²) in [5.74, 6) is 0.625. The Morgan fingerprint density at radius 2 is 1.93 bits per heavy atom. The lowest BCUT2D eigenvalue weighted by molar-refractivity contribution is -0.190. The van der Waals surface area contributed by atoms with Gasteiger partial charge in [0.2, 0.25) is 0 Å². The highest BCUT2D eigenvalue weighted by molar-refractivity contribution is 5.43. The van der Waals surface area contributed by atoms with E-state index in [0.717, 1.165) is 51.4 Å². The fraction of sp³-hybridized carbons (Fsp3) is 0.917. The van der Waals surface area contributed by atoms with Crippen molar-refractivity contribution in [3.63, 3.8) is 0 Å². The third-order valence-corrected chi connectivity index (χ3v) is 10.1. The molecular formula is C24H36O6. The van der Waals surface area contributed by atoms with Crippen molar-refractivity contribution in [3.05, 3.63) is 11.6 Å². The van der Waals surface area contributed by atoms with Crippen LogP contribution in [0.1, 0.15) is 58.3 Å². The van der Waals surface area contributed by atoms with E-state index >= 15 is 0 Å². The minimum absolute atomic E-state index is 0.0851. The molecule has 1 spiro atoms. The summed E-state index contributed by atoms with van der Waals surface area (Å²) in [5.41, 5.74) is 0.721. The zero-order chi connectivity index (χ0) is 20.8. The van der Waals surface area contributed by atoms with Gasteiger partial charge in [-0.25, -0.2) is 0 Å². The van der Waals surface area contributed by atoms with Crippen LogP contribution in [-0.2, 0) is 23.7 Å². The van der Waals surface area contributed by atoms with E-state index in [0.29, 0.717) is 31.7 Å². The Morgan fingerprint density at radius 1 is 1.13 bits per heavy atom. The molecule has 0 bridgehead atoms. The lowest BCUT2D eigenvalue weighted by Gasteiger charge is -2.54. The van der Waals surface area contributed by atoms with Gasteiger partial charge in [0, 0.05) is 32.5 Å². The van der Waals surface area contributed by atoms with E-state index in [4.69, 9.17) is 23.7 Å². The van der Waals surface area contributed by atoms with Gasteiger partial charge in [-0.3, -0.25) is 0 Å². The van der Waals surface area contributed by atoms with Crippen molar-refractivity contribution in [2.45, 2.75) is 87.0 Å². The SMILES string of the molecule is COCC(O)[C@@]1(OC)CC[C@H]2[C@@H]3CC[C@@]45CC6(CC[C@@]4(O5)C3=CC[C@@]21C)OCCO6. The molecule has 5 fully saturated rings. The van der Waals surface area contributed by atoms with Crippen molar-refractivity contribution in [2.75, 3.05) is 34.0 Å². The van der Waals surface area contributed by atoms with Crippen LogP contribution in [0.3, 0.4) is 0 Å². The number of methoxy groups -OCH3 is 2. The van der Waals surface area contributed by atoms with Crippen molar-refractivity contribution in [2.24, 2.45) is 17.3 Å². The summed E-state index contributed by atoms with van der Waals surface area (Å²) in [4.78, 5) is 0. The molecule has 7 atom stereocenters. The molecule has 168 valence electrons. The summed E-state index contributed by atoms with van der Waals surface area (Å²) in [7, 11) is 3.42. The topological polar surface area (TPSA) is 69.7 Å². The van der Waals surface area contributed by atoms with Crippen LogP contribution in [0.4, 0.5) is 0 Å². The highest BCUT2D eigenvalue weighted by atomic mass is 16.7. The second kappa shape index (κ2) is 6.30. The average molecular weight is 421 g/mol. The Bertz CT molecular complexity index is 761. The monoisotopic (exact) mass is 420 g/mol. The van der Waals surface area contributed by atoms with Crippen LogP contribution in [0.25, 0.3) is 0 Å². The van der Waals surface area contributed by atoms with Crippen molar-refractivity contribution in [1.82, 2.24) is 0 Å². The van der Waals surface area contributed by atoms with Crippen LogP contribution >= 0.6 is 0 Å². The van der Waals surface area contributed by atoms with Gasteiger partial charge in [0.1, 0.15) is 22.9 Å². The fourth-order valence-corrected chi connectivity index (χ4v) is 8.67. The summed E-state index contributed by atoms with van der Waals surface area (Å²) in [6.07, 6.45) is 9.79. The minimum Gasteiger partial charge on any atom is -0.388 e. The van der Waals surface area contributed by atoms with Crippen LogP contribution in [0.5, 0.6) is 0 Å². The van der Waals surface area contributed by atoms with Crippen LogP contribution < -0.4 is 0 Å². The molecule has 0 amide bonds. The van der Waals surface area contributed by atoms with E-state index in [9.17, 15) is 5.11 Å². The zero-order valence-corrected chi connectivity index (χ0v) is 18.6. The number of aliphatic hydroxyl groups is 1. The van der Waals surface area contributed by atoms with E-state index in [-0.39, 0.29) is 16.6 Å². The Balaban J connectivity index is 1.32. The molecule has 0 aromatic rings. The molecule has 0 radical (unpaired) electrons. The number of hydrogen-bond acceptors (Lipinski definition) is 6. The first-order valence-electron chi connectivity index (χ1n) is 11.8. The molecule has 6 aliphatic rings. The number of fused-ring (bicyclic) bond motifs is 3. The first-order valence-corrected chi connectivity index (χ1v) is 11.8. The molecule has 6 heteroatoms. The second-order valence-electron chi connectivity index (χ2n) is 10.8. The van der Waals surface area contributed by atoms with Gasteiger partial charge < -0.3 is 28.8 Å². The molecule has 1 N–H and O–H groups in total. The predicted octanol–water partition coefficient (Wildman–Crippen LogP) is 2.97. The summed E-state index contributed by atoms with van der Waals surface area (Å²) in [6, 6.07) is 0. The minimum atomic E-state index is -0.610. The molecule has 2 aliphatic heterocycles. The molecule has 6 rings (SSSR count). The van der Waals surface area contributed by atoms with Gasteiger partial charge in [-0.15, -0.1) is 0 Å². The van der Waals surface area contributed by atoms with E-state index in [1.54, 1.807) is 14.2 Å². The van der Waals surface area contributed by atoms with Crippen molar-refractivity contribution >= 4 is 0 Å². The molecule has 30 heavy (non-hydrogen) atoms. The molecule has 2 saturated heterocycles. The van der Waals surface area contributed by atoms with E-state index in [1.807, 2.05) is 0 Å². The van der Waals surface area contributed by atoms with Crippen LogP contribution in [0.15, 0.2) is 11.6 Å². The predicted molar refractivity (Wildman–Crippen MR) is 109 cm³/mol. The molecule has 1 unspecified atom stereocenters. The van der Waals surface area contributed by atoms with Crippen molar-refractivity contribution < 1.29 is 28.8 Å². The number of aliphatic hydroxyl groups excluding tert-OH is 1. The molecule has 0 aromatic carbocycles. The Kier molecular flexibility index (Phi) is 4.23. The maximum atomic E-state index is 11.0. The number of hydrogen-bond donors (Lipinski definition) is 1. The summed E-state index contributed by atoms with van der Waals surface area (Å²) >= 11 is 0. The molecule has 6 nitrogen and oxygen atoms in total. The number of ether oxygens (including phenoxy) is 5. The lowest BCUT2D eigenvalue weighted by Crippen LogP contribution is -2.59. The zero-order valence-electron chi connectivity index (χ0n) is 18.6. The number of epoxide rings is 1. The molecular weight excluding hydrogens is 384 g/mol. The lowest BCUT2D eigenvalue weighted by atomic mass is 9.52. The standard InChI is InChI=1S/C24H36O6/c1-20-7-5-18-16(17(20)6-9-24(20,27-3)19(25)14-26-2)4-8-21-15-22(28-12-13-29-22)10-11-23(18,21)30-21/h5,16-17,19,25H,4,6-15H2,1-3H3/t16-,17-,19?,20-,21+,23+,24-/m0/s1. The van der Waals surface area contributed by atoms with Gasteiger partial charge in [-0.2, -0.15) is 0 Å². The Labute approximate surface area is 179 Å². The first kappa shape index (κ1) is 20.1. The first-order chi connectivity index (χ1) is 14.4. The van der Waals surface area contributed by atoms with Gasteiger partial charge in [0.05, 0.1) is 19.8 Å². The molecule has 0 aromatic heterocycles. The smallest absolute Gasteiger partial charge is 0.171 e. The number of rotatable bonds is 4. The van der Waals surface area contributed by atoms with E-state index < -0.39 is 17.5 Å². The van der Waals surface area contributed by atoms with Crippen LogP contribution in [0, 0.1) is 17.3 Å².